The van der Waals surface area contributed by atoms with E-state index in [2.05, 4.69) is 36.8 Å². The highest BCUT2D eigenvalue weighted by atomic mass is 79.9. The summed E-state index contributed by atoms with van der Waals surface area (Å²) < 4.78 is 6.98. The van der Waals surface area contributed by atoms with E-state index in [1.807, 2.05) is 18.2 Å². The molecule has 6 heteroatoms. The zero-order valence-electron chi connectivity index (χ0n) is 8.61. The molecule has 1 amide bonds. The van der Waals surface area contributed by atoms with E-state index in [9.17, 15) is 4.79 Å². The van der Waals surface area contributed by atoms with E-state index in [4.69, 9.17) is 10.5 Å². The number of hydrogen-bond donors (Lipinski definition) is 1. The van der Waals surface area contributed by atoms with Crippen molar-refractivity contribution in [2.75, 3.05) is 6.61 Å². The maximum atomic E-state index is 10.7. The highest BCUT2D eigenvalue weighted by molar-refractivity contribution is 9.11. The second kappa shape index (κ2) is 5.01. The Labute approximate surface area is 114 Å². The average Bonchev–Trinajstić information content (AvgIpc) is 2.28. The number of primary amides is 1. The first-order valence-electron chi connectivity index (χ1n) is 4.73. The summed E-state index contributed by atoms with van der Waals surface area (Å²) in [6.07, 6.45) is 1.67. The number of nitrogens with zero attached hydrogens (tertiary/aromatic N) is 1. The molecule has 2 N–H and O–H groups in total. The lowest BCUT2D eigenvalue weighted by atomic mass is 10.2. The number of carbonyl (C=O) groups is 1. The van der Waals surface area contributed by atoms with Gasteiger partial charge in [-0.1, -0.05) is 22.0 Å². The van der Waals surface area contributed by atoms with E-state index in [0.29, 0.717) is 11.3 Å². The van der Waals surface area contributed by atoms with E-state index < -0.39 is 5.91 Å². The van der Waals surface area contributed by atoms with Crippen LogP contribution >= 0.6 is 31.9 Å². The van der Waals surface area contributed by atoms with Gasteiger partial charge in [-0.3, -0.25) is 9.78 Å². The Morgan fingerprint density at radius 3 is 2.88 bits per heavy atom. The summed E-state index contributed by atoms with van der Waals surface area (Å²) in [7, 11) is 0. The van der Waals surface area contributed by atoms with Gasteiger partial charge in [0.15, 0.2) is 12.4 Å². The molecule has 2 aromatic rings. The van der Waals surface area contributed by atoms with Crippen molar-refractivity contribution >= 4 is 48.7 Å². The van der Waals surface area contributed by atoms with Gasteiger partial charge in [-0.25, -0.2) is 0 Å². The fourth-order valence-corrected chi connectivity index (χ4v) is 2.81. The molecule has 0 saturated heterocycles. The van der Waals surface area contributed by atoms with Gasteiger partial charge in [-0.05, 0) is 28.1 Å². The van der Waals surface area contributed by atoms with Gasteiger partial charge >= 0.3 is 0 Å². The molecule has 2 rings (SSSR count). The van der Waals surface area contributed by atoms with Gasteiger partial charge in [-0.15, -0.1) is 0 Å². The van der Waals surface area contributed by atoms with Crippen molar-refractivity contribution < 1.29 is 9.53 Å². The van der Waals surface area contributed by atoms with Crippen LogP contribution < -0.4 is 10.5 Å². The zero-order chi connectivity index (χ0) is 12.4. The van der Waals surface area contributed by atoms with Gasteiger partial charge in [0, 0.05) is 16.1 Å². The first kappa shape index (κ1) is 12.3. The fourth-order valence-electron chi connectivity index (χ4n) is 1.43. The number of amides is 1. The summed E-state index contributed by atoms with van der Waals surface area (Å²) in [5.41, 5.74) is 5.73. The van der Waals surface area contributed by atoms with Crippen molar-refractivity contribution in [3.63, 3.8) is 0 Å². The minimum Gasteiger partial charge on any atom is -0.480 e. The molecule has 0 aliphatic rings. The Bertz CT molecular complexity index is 587. The van der Waals surface area contributed by atoms with Crippen LogP contribution in [0.5, 0.6) is 5.75 Å². The first-order valence-corrected chi connectivity index (χ1v) is 6.32. The van der Waals surface area contributed by atoms with Crippen molar-refractivity contribution in [3.05, 3.63) is 33.3 Å². The molecular weight excluding hydrogens is 352 g/mol. The number of nitrogens with two attached hydrogens (primary N) is 1. The minimum absolute atomic E-state index is 0.175. The van der Waals surface area contributed by atoms with Crippen LogP contribution in [0.2, 0.25) is 0 Å². The first-order chi connectivity index (χ1) is 8.09. The Hall–Kier alpha value is -1.14. The maximum absolute atomic E-state index is 10.7. The molecule has 0 unspecified atom stereocenters. The zero-order valence-corrected chi connectivity index (χ0v) is 11.8. The molecule has 0 saturated carbocycles. The number of hydrogen-bond acceptors (Lipinski definition) is 3. The van der Waals surface area contributed by atoms with E-state index >= 15 is 0 Å². The number of aromatic nitrogens is 1. The third-order valence-corrected chi connectivity index (χ3v) is 3.35. The molecule has 1 heterocycles. The van der Waals surface area contributed by atoms with Crippen LogP contribution in [0.1, 0.15) is 0 Å². The summed E-state index contributed by atoms with van der Waals surface area (Å²) in [5, 5.41) is 0.912. The van der Waals surface area contributed by atoms with Crippen molar-refractivity contribution in [3.8, 4) is 5.75 Å². The lowest BCUT2D eigenvalue weighted by molar-refractivity contribution is -0.119. The summed E-state index contributed by atoms with van der Waals surface area (Å²) in [4.78, 5) is 15.0. The predicted octanol–water partition coefficient (Wildman–Crippen LogP) is 2.62. The molecule has 1 aromatic heterocycles. The topological polar surface area (TPSA) is 65.2 Å². The van der Waals surface area contributed by atoms with Crippen LogP contribution in [0.4, 0.5) is 0 Å². The lowest BCUT2D eigenvalue weighted by Gasteiger charge is -2.10. The maximum Gasteiger partial charge on any atom is 0.255 e. The van der Waals surface area contributed by atoms with E-state index in [1.165, 1.54) is 0 Å². The summed E-state index contributed by atoms with van der Waals surface area (Å²) in [6, 6.07) is 5.59. The van der Waals surface area contributed by atoms with Crippen LogP contribution in [0.25, 0.3) is 10.9 Å². The van der Waals surface area contributed by atoms with Crippen LogP contribution in [-0.2, 0) is 4.79 Å². The molecule has 0 spiro atoms. The monoisotopic (exact) mass is 358 g/mol. The number of ether oxygens (including phenoxy) is 1. The highest BCUT2D eigenvalue weighted by Crippen LogP contribution is 2.37. The molecule has 0 fully saturated rings. The summed E-state index contributed by atoms with van der Waals surface area (Å²) in [6.45, 7) is -0.175. The predicted molar refractivity (Wildman–Crippen MR) is 71.8 cm³/mol. The van der Waals surface area contributed by atoms with E-state index in [0.717, 1.165) is 14.3 Å². The van der Waals surface area contributed by atoms with Crippen LogP contribution in [0.15, 0.2) is 33.3 Å². The fraction of sp³-hybridized carbons (Fsp3) is 0.0909. The minimum atomic E-state index is -0.524. The molecule has 0 bridgehead atoms. The number of rotatable bonds is 3. The standard InChI is InChI=1S/C11H8Br2N2O2/c12-7-4-8(13)11(17-5-9(14)16)10-6(7)2-1-3-15-10/h1-4H,5H2,(H2,14,16). The average molecular weight is 360 g/mol. The molecule has 4 nitrogen and oxygen atoms in total. The van der Waals surface area contributed by atoms with Gasteiger partial charge in [0.2, 0.25) is 0 Å². The number of benzene rings is 1. The number of halogens is 2. The second-order valence-electron chi connectivity index (χ2n) is 3.32. The number of carbonyl (C=O) groups excluding carboxylic acids is 1. The third kappa shape index (κ3) is 2.58. The molecule has 1 aromatic carbocycles. The van der Waals surface area contributed by atoms with Crippen LogP contribution in [0.3, 0.4) is 0 Å². The molecule has 0 aliphatic carbocycles. The van der Waals surface area contributed by atoms with Crippen LogP contribution in [0, 0.1) is 0 Å². The molecule has 0 aliphatic heterocycles. The van der Waals surface area contributed by atoms with E-state index in [-0.39, 0.29) is 6.61 Å². The molecule has 17 heavy (non-hydrogen) atoms. The quantitative estimate of drug-likeness (QED) is 0.916. The van der Waals surface area contributed by atoms with Gasteiger partial charge in [-0.2, -0.15) is 0 Å². The normalized spacial score (nSPS) is 10.5. The van der Waals surface area contributed by atoms with Crippen molar-refractivity contribution in [2.45, 2.75) is 0 Å². The van der Waals surface area contributed by atoms with Gasteiger partial charge in [0.05, 0.1) is 4.47 Å². The Morgan fingerprint density at radius 1 is 1.41 bits per heavy atom. The Kier molecular flexibility index (Phi) is 3.63. The van der Waals surface area contributed by atoms with Crippen molar-refractivity contribution in [1.82, 2.24) is 4.98 Å². The number of pyridine rings is 1. The molecule has 0 radical (unpaired) electrons. The van der Waals surface area contributed by atoms with E-state index in [1.54, 1.807) is 6.20 Å². The van der Waals surface area contributed by atoms with Crippen molar-refractivity contribution in [2.24, 2.45) is 5.73 Å². The van der Waals surface area contributed by atoms with Gasteiger partial charge in [0.25, 0.3) is 5.91 Å². The highest BCUT2D eigenvalue weighted by Gasteiger charge is 2.12. The van der Waals surface area contributed by atoms with Crippen LogP contribution in [-0.4, -0.2) is 17.5 Å². The Morgan fingerprint density at radius 2 is 2.18 bits per heavy atom. The smallest absolute Gasteiger partial charge is 0.255 e. The third-order valence-electron chi connectivity index (χ3n) is 2.11. The second-order valence-corrected chi connectivity index (χ2v) is 5.03. The molecule has 88 valence electrons. The van der Waals surface area contributed by atoms with Gasteiger partial charge in [0.1, 0.15) is 5.52 Å². The Balaban J connectivity index is 2.57. The van der Waals surface area contributed by atoms with Crippen molar-refractivity contribution in [1.29, 1.82) is 0 Å². The summed E-state index contributed by atoms with van der Waals surface area (Å²) in [5.74, 6) is -0.00787. The largest absolute Gasteiger partial charge is 0.480 e. The SMILES string of the molecule is NC(=O)COc1c(Br)cc(Br)c2cccnc12. The lowest BCUT2D eigenvalue weighted by Crippen LogP contribution is -2.20. The molecule has 0 atom stereocenters. The van der Waals surface area contributed by atoms with Gasteiger partial charge < -0.3 is 10.5 Å². The molecular formula is C11H8Br2N2O2. The number of fused-ring (bicyclic) bond motifs is 1. The summed E-state index contributed by atoms with van der Waals surface area (Å²) >= 11 is 6.82.